The Labute approximate surface area is 159 Å². The summed E-state index contributed by atoms with van der Waals surface area (Å²) in [5.74, 6) is -1.56. The summed E-state index contributed by atoms with van der Waals surface area (Å²) in [5, 5.41) is 6.69. The Morgan fingerprint density at radius 1 is 1.00 bits per heavy atom. The van der Waals surface area contributed by atoms with Crippen LogP contribution in [0.4, 0.5) is 26.0 Å². The van der Waals surface area contributed by atoms with Crippen molar-refractivity contribution in [3.63, 3.8) is 0 Å². The maximum absolute atomic E-state index is 13.3. The third-order valence-corrected chi connectivity index (χ3v) is 4.27. The van der Waals surface area contributed by atoms with Crippen molar-refractivity contribution in [2.75, 3.05) is 10.6 Å². The predicted octanol–water partition coefficient (Wildman–Crippen LogP) is 4.77. The van der Waals surface area contributed by atoms with Crippen LogP contribution in [0.2, 0.25) is 0 Å². The van der Waals surface area contributed by atoms with Crippen molar-refractivity contribution in [2.45, 2.75) is 6.42 Å². The molecule has 0 aliphatic heterocycles. The molecule has 0 saturated carbocycles. The average Bonchev–Trinajstić information content (AvgIpc) is 3.09. The van der Waals surface area contributed by atoms with Gasteiger partial charge in [0.15, 0.2) is 11.6 Å². The molecule has 28 heavy (non-hydrogen) atoms. The van der Waals surface area contributed by atoms with Crippen molar-refractivity contribution < 1.29 is 13.6 Å². The molecular formula is C21H16F2N4O. The lowest BCUT2D eigenvalue weighted by Gasteiger charge is -2.08. The van der Waals surface area contributed by atoms with Crippen LogP contribution in [0, 0.1) is 11.6 Å². The number of aromatic nitrogens is 2. The van der Waals surface area contributed by atoms with E-state index in [0.29, 0.717) is 17.2 Å². The Morgan fingerprint density at radius 3 is 2.61 bits per heavy atom. The van der Waals surface area contributed by atoms with Crippen molar-refractivity contribution in [3.05, 3.63) is 84.2 Å². The molecule has 2 heterocycles. The summed E-state index contributed by atoms with van der Waals surface area (Å²) in [6, 6.07) is 14.6. The van der Waals surface area contributed by atoms with E-state index in [9.17, 15) is 13.6 Å². The van der Waals surface area contributed by atoms with Crippen LogP contribution in [0.25, 0.3) is 10.9 Å². The van der Waals surface area contributed by atoms with Gasteiger partial charge in [-0.1, -0.05) is 18.2 Å². The summed E-state index contributed by atoms with van der Waals surface area (Å²) < 4.78 is 26.2. The molecule has 0 fully saturated rings. The Morgan fingerprint density at radius 2 is 1.82 bits per heavy atom. The molecule has 0 aliphatic rings. The summed E-state index contributed by atoms with van der Waals surface area (Å²) in [7, 11) is 0. The highest BCUT2D eigenvalue weighted by atomic mass is 19.2. The highest BCUT2D eigenvalue weighted by Gasteiger charge is 2.09. The maximum Gasteiger partial charge on any atom is 0.228 e. The lowest BCUT2D eigenvalue weighted by atomic mass is 10.1. The van der Waals surface area contributed by atoms with Gasteiger partial charge in [0.1, 0.15) is 5.82 Å². The molecule has 4 aromatic rings. The Kier molecular flexibility index (Phi) is 4.72. The number of anilines is 3. The first kappa shape index (κ1) is 17.7. The number of halogens is 2. The molecule has 0 radical (unpaired) electrons. The van der Waals surface area contributed by atoms with Crippen molar-refractivity contribution in [1.29, 1.82) is 0 Å². The zero-order chi connectivity index (χ0) is 19.5. The average molecular weight is 378 g/mol. The molecule has 140 valence electrons. The zero-order valence-corrected chi connectivity index (χ0v) is 14.7. The summed E-state index contributed by atoms with van der Waals surface area (Å²) in [6.07, 6.45) is 3.56. The molecule has 0 aliphatic carbocycles. The fourth-order valence-corrected chi connectivity index (χ4v) is 2.92. The molecule has 0 spiro atoms. The molecule has 3 N–H and O–H groups in total. The largest absolute Gasteiger partial charge is 0.361 e. The van der Waals surface area contributed by atoms with E-state index in [2.05, 4.69) is 20.6 Å². The number of hydrogen-bond acceptors (Lipinski definition) is 3. The molecule has 2 aromatic carbocycles. The van der Waals surface area contributed by atoms with E-state index in [1.807, 2.05) is 30.5 Å². The molecular weight excluding hydrogens is 362 g/mol. The third-order valence-electron chi connectivity index (χ3n) is 4.27. The van der Waals surface area contributed by atoms with Gasteiger partial charge in [0.25, 0.3) is 0 Å². The second-order valence-electron chi connectivity index (χ2n) is 6.27. The Bertz CT molecular complexity index is 1140. The summed E-state index contributed by atoms with van der Waals surface area (Å²) >= 11 is 0. The number of H-pyrrole nitrogens is 1. The van der Waals surface area contributed by atoms with Gasteiger partial charge >= 0.3 is 0 Å². The van der Waals surface area contributed by atoms with Crippen LogP contribution in [0.1, 0.15) is 5.56 Å². The van der Waals surface area contributed by atoms with E-state index in [0.717, 1.165) is 28.6 Å². The number of pyridine rings is 1. The van der Waals surface area contributed by atoms with Gasteiger partial charge in [0.05, 0.1) is 18.3 Å². The Hall–Kier alpha value is -3.74. The number of amides is 1. The number of nitrogens with zero attached hydrogens (tertiary/aromatic N) is 1. The minimum Gasteiger partial charge on any atom is -0.361 e. The van der Waals surface area contributed by atoms with Gasteiger partial charge in [-0.25, -0.2) is 13.8 Å². The van der Waals surface area contributed by atoms with E-state index < -0.39 is 11.6 Å². The second kappa shape index (κ2) is 7.48. The number of carbonyl (C=O) groups excluding carboxylic acids is 1. The number of aromatic amines is 1. The number of rotatable bonds is 5. The SMILES string of the molecule is O=C(Cc1c[nH]c2ccccc12)Nc1ccc(Nc2ccc(F)c(F)c2)nc1. The number of para-hydroxylation sites is 1. The number of benzene rings is 2. The molecule has 4 rings (SSSR count). The number of fused-ring (bicyclic) bond motifs is 1. The van der Waals surface area contributed by atoms with Crippen LogP contribution in [0.15, 0.2) is 67.0 Å². The minimum atomic E-state index is -0.939. The first-order chi connectivity index (χ1) is 13.6. The molecule has 1 amide bonds. The van der Waals surface area contributed by atoms with Crippen LogP contribution in [-0.4, -0.2) is 15.9 Å². The number of carbonyl (C=O) groups is 1. The number of hydrogen-bond donors (Lipinski definition) is 3. The smallest absolute Gasteiger partial charge is 0.228 e. The van der Waals surface area contributed by atoms with Crippen LogP contribution < -0.4 is 10.6 Å². The van der Waals surface area contributed by atoms with Gasteiger partial charge in [0.2, 0.25) is 5.91 Å². The van der Waals surface area contributed by atoms with Gasteiger partial charge in [-0.3, -0.25) is 4.79 Å². The standard InChI is InChI=1S/C21H16F2N4O/c22-17-7-5-14(10-18(17)23)26-20-8-6-15(12-25-20)27-21(28)9-13-11-24-19-4-2-1-3-16(13)19/h1-8,10-12,24H,9H2,(H,25,26)(H,27,28). The van der Waals surface area contributed by atoms with Crippen LogP contribution in [0.5, 0.6) is 0 Å². The lowest BCUT2D eigenvalue weighted by Crippen LogP contribution is -2.14. The lowest BCUT2D eigenvalue weighted by molar-refractivity contribution is -0.115. The first-order valence-electron chi connectivity index (χ1n) is 8.61. The summed E-state index contributed by atoms with van der Waals surface area (Å²) in [5.41, 5.74) is 2.82. The normalized spacial score (nSPS) is 10.8. The third kappa shape index (κ3) is 3.83. The highest BCUT2D eigenvalue weighted by Crippen LogP contribution is 2.20. The van der Waals surface area contributed by atoms with Gasteiger partial charge in [-0.15, -0.1) is 0 Å². The summed E-state index contributed by atoms with van der Waals surface area (Å²) in [4.78, 5) is 19.6. The fourth-order valence-electron chi connectivity index (χ4n) is 2.92. The Balaban J connectivity index is 1.39. The number of nitrogens with one attached hydrogen (secondary N) is 3. The maximum atomic E-state index is 13.3. The van der Waals surface area contributed by atoms with Crippen LogP contribution in [-0.2, 0) is 11.2 Å². The van der Waals surface area contributed by atoms with E-state index >= 15 is 0 Å². The van der Waals surface area contributed by atoms with Crippen molar-refractivity contribution >= 4 is 34.0 Å². The molecule has 0 saturated heterocycles. The fraction of sp³-hybridized carbons (Fsp3) is 0.0476. The monoisotopic (exact) mass is 378 g/mol. The first-order valence-corrected chi connectivity index (χ1v) is 8.61. The van der Waals surface area contributed by atoms with E-state index in [-0.39, 0.29) is 12.3 Å². The molecule has 5 nitrogen and oxygen atoms in total. The topological polar surface area (TPSA) is 69.8 Å². The molecule has 0 bridgehead atoms. The van der Waals surface area contributed by atoms with Gasteiger partial charge in [-0.05, 0) is 35.9 Å². The minimum absolute atomic E-state index is 0.159. The van der Waals surface area contributed by atoms with E-state index in [1.165, 1.54) is 12.3 Å². The van der Waals surface area contributed by atoms with Crippen molar-refractivity contribution in [1.82, 2.24) is 9.97 Å². The quantitative estimate of drug-likeness (QED) is 0.469. The predicted molar refractivity (Wildman–Crippen MR) is 105 cm³/mol. The molecule has 0 atom stereocenters. The zero-order valence-electron chi connectivity index (χ0n) is 14.7. The van der Waals surface area contributed by atoms with Crippen molar-refractivity contribution in [3.8, 4) is 0 Å². The molecule has 0 unspecified atom stereocenters. The van der Waals surface area contributed by atoms with Gasteiger partial charge in [-0.2, -0.15) is 0 Å². The molecule has 7 heteroatoms. The van der Waals surface area contributed by atoms with E-state index in [1.54, 1.807) is 12.1 Å². The summed E-state index contributed by atoms with van der Waals surface area (Å²) in [6.45, 7) is 0. The van der Waals surface area contributed by atoms with Crippen LogP contribution >= 0.6 is 0 Å². The molecule has 2 aromatic heterocycles. The van der Waals surface area contributed by atoms with Crippen LogP contribution in [0.3, 0.4) is 0 Å². The van der Waals surface area contributed by atoms with Gasteiger partial charge in [0, 0.05) is 28.9 Å². The van der Waals surface area contributed by atoms with Gasteiger partial charge < -0.3 is 15.6 Å². The van der Waals surface area contributed by atoms with E-state index in [4.69, 9.17) is 0 Å². The second-order valence-corrected chi connectivity index (χ2v) is 6.27. The highest BCUT2D eigenvalue weighted by molar-refractivity contribution is 5.95. The van der Waals surface area contributed by atoms with Crippen molar-refractivity contribution in [2.24, 2.45) is 0 Å².